The summed E-state index contributed by atoms with van der Waals surface area (Å²) in [5.41, 5.74) is 2.73. The summed E-state index contributed by atoms with van der Waals surface area (Å²) in [5.74, 6) is -0.285. The first-order valence-electron chi connectivity index (χ1n) is 4.25. The SMILES string of the molecule is O=C(NCCc1cscn1)c1nn[nH]n1. The van der Waals surface area contributed by atoms with Crippen LogP contribution >= 0.6 is 11.3 Å². The molecule has 1 amide bonds. The number of hydrogen-bond donors (Lipinski definition) is 2. The lowest BCUT2D eigenvalue weighted by Crippen LogP contribution is -2.26. The summed E-state index contributed by atoms with van der Waals surface area (Å²) in [6, 6.07) is 0. The van der Waals surface area contributed by atoms with Crippen LogP contribution in [0.5, 0.6) is 0 Å². The minimum absolute atomic E-state index is 0.0493. The number of carbonyl (C=O) groups excluding carboxylic acids is 1. The van der Waals surface area contributed by atoms with E-state index in [4.69, 9.17) is 0 Å². The fourth-order valence-corrected chi connectivity index (χ4v) is 1.60. The van der Waals surface area contributed by atoms with E-state index in [1.54, 1.807) is 5.51 Å². The topological polar surface area (TPSA) is 96.5 Å². The Hall–Kier alpha value is -1.83. The zero-order valence-corrected chi connectivity index (χ0v) is 8.49. The Morgan fingerprint density at radius 1 is 1.60 bits per heavy atom. The minimum atomic E-state index is -0.334. The van der Waals surface area contributed by atoms with E-state index >= 15 is 0 Å². The predicted molar refractivity (Wildman–Crippen MR) is 52.3 cm³/mol. The molecule has 0 aliphatic rings. The Bertz CT molecular complexity index is 411. The van der Waals surface area contributed by atoms with Crippen molar-refractivity contribution in [2.75, 3.05) is 6.54 Å². The summed E-state index contributed by atoms with van der Waals surface area (Å²) in [5, 5.41) is 17.2. The van der Waals surface area contributed by atoms with Crippen molar-refractivity contribution in [1.29, 1.82) is 0 Å². The third-order valence-electron chi connectivity index (χ3n) is 1.70. The van der Waals surface area contributed by atoms with Crippen molar-refractivity contribution >= 4 is 17.2 Å². The number of hydrogen-bond acceptors (Lipinski definition) is 6. The Balaban J connectivity index is 1.77. The summed E-state index contributed by atoms with van der Waals surface area (Å²) in [6.45, 7) is 0.511. The van der Waals surface area contributed by atoms with E-state index < -0.39 is 0 Å². The molecule has 0 unspecified atom stereocenters. The summed E-state index contributed by atoms with van der Waals surface area (Å²) >= 11 is 1.53. The normalized spacial score (nSPS) is 10.1. The number of amides is 1. The third-order valence-corrected chi connectivity index (χ3v) is 2.33. The van der Waals surface area contributed by atoms with Crippen LogP contribution in [0.4, 0.5) is 0 Å². The Morgan fingerprint density at radius 2 is 2.53 bits per heavy atom. The molecule has 2 aromatic rings. The first-order valence-corrected chi connectivity index (χ1v) is 5.19. The van der Waals surface area contributed by atoms with Gasteiger partial charge in [0.1, 0.15) is 0 Å². The quantitative estimate of drug-likeness (QED) is 0.738. The van der Waals surface area contributed by atoms with Crippen molar-refractivity contribution < 1.29 is 4.79 Å². The highest BCUT2D eigenvalue weighted by Crippen LogP contribution is 2.00. The predicted octanol–water partition coefficient (Wildman–Crippen LogP) is -0.371. The molecule has 78 valence electrons. The highest BCUT2D eigenvalue weighted by atomic mass is 32.1. The smallest absolute Gasteiger partial charge is 0.292 e. The molecule has 7 nitrogen and oxygen atoms in total. The molecule has 0 aromatic carbocycles. The number of aromatic nitrogens is 5. The molecule has 0 saturated carbocycles. The molecule has 0 aliphatic carbocycles. The third kappa shape index (κ3) is 2.56. The summed E-state index contributed by atoms with van der Waals surface area (Å²) in [4.78, 5) is 15.4. The molecule has 0 atom stereocenters. The standard InChI is InChI=1S/C7H8N6OS/c14-7(6-10-12-13-11-6)8-2-1-5-3-15-4-9-5/h3-4H,1-2H2,(H,8,14)(H,10,11,12,13). The minimum Gasteiger partial charge on any atom is -0.349 e. The van der Waals surface area contributed by atoms with Crippen LogP contribution < -0.4 is 5.32 Å². The number of nitrogens with one attached hydrogen (secondary N) is 2. The second-order valence-electron chi connectivity index (χ2n) is 2.72. The molecule has 2 heterocycles. The van der Waals surface area contributed by atoms with Gasteiger partial charge >= 0.3 is 0 Å². The maximum Gasteiger partial charge on any atom is 0.292 e. The van der Waals surface area contributed by atoms with Gasteiger partial charge in [0.25, 0.3) is 11.7 Å². The Kier molecular flexibility index (Phi) is 2.98. The van der Waals surface area contributed by atoms with Crippen LogP contribution in [0.3, 0.4) is 0 Å². The highest BCUT2D eigenvalue weighted by Gasteiger charge is 2.09. The van der Waals surface area contributed by atoms with Gasteiger partial charge in [0.2, 0.25) is 0 Å². The number of aromatic amines is 1. The number of carbonyl (C=O) groups is 1. The highest BCUT2D eigenvalue weighted by molar-refractivity contribution is 7.07. The molecule has 2 rings (SSSR count). The maximum absolute atomic E-state index is 11.3. The molecule has 0 bridgehead atoms. The fraction of sp³-hybridized carbons (Fsp3) is 0.286. The summed E-state index contributed by atoms with van der Waals surface area (Å²) < 4.78 is 0. The number of tetrazole rings is 1. The lowest BCUT2D eigenvalue weighted by molar-refractivity contribution is 0.0944. The summed E-state index contributed by atoms with van der Waals surface area (Å²) in [7, 11) is 0. The van der Waals surface area contributed by atoms with Gasteiger partial charge in [-0.15, -0.1) is 21.5 Å². The number of thiazole rings is 1. The van der Waals surface area contributed by atoms with E-state index in [0.29, 0.717) is 13.0 Å². The van der Waals surface area contributed by atoms with Gasteiger partial charge in [-0.05, 0) is 5.21 Å². The van der Waals surface area contributed by atoms with Gasteiger partial charge in [-0.2, -0.15) is 5.21 Å². The zero-order chi connectivity index (χ0) is 10.5. The van der Waals surface area contributed by atoms with E-state index in [0.717, 1.165) is 5.69 Å². The van der Waals surface area contributed by atoms with Gasteiger partial charge in [0.05, 0.1) is 11.2 Å². The van der Waals surface area contributed by atoms with Crippen molar-refractivity contribution in [3.05, 3.63) is 22.4 Å². The van der Waals surface area contributed by atoms with Gasteiger partial charge in [0.15, 0.2) is 0 Å². The Labute approximate surface area is 88.9 Å². The Morgan fingerprint density at radius 3 is 3.20 bits per heavy atom. The van der Waals surface area contributed by atoms with Crippen molar-refractivity contribution in [3.63, 3.8) is 0 Å². The molecule has 0 fully saturated rings. The molecular weight excluding hydrogens is 216 g/mol. The lowest BCUT2D eigenvalue weighted by Gasteiger charge is -1.99. The molecule has 0 saturated heterocycles. The first-order chi connectivity index (χ1) is 7.36. The van der Waals surface area contributed by atoms with Gasteiger partial charge in [-0.1, -0.05) is 0 Å². The van der Waals surface area contributed by atoms with Crippen molar-refractivity contribution in [2.24, 2.45) is 0 Å². The van der Waals surface area contributed by atoms with Crippen LogP contribution in [0.15, 0.2) is 10.9 Å². The lowest BCUT2D eigenvalue weighted by atomic mass is 10.3. The fourth-order valence-electron chi connectivity index (χ4n) is 1.00. The van der Waals surface area contributed by atoms with E-state index in [-0.39, 0.29) is 11.7 Å². The van der Waals surface area contributed by atoms with E-state index in [9.17, 15) is 4.79 Å². The first kappa shape index (κ1) is 9.71. The van der Waals surface area contributed by atoms with Crippen LogP contribution in [-0.2, 0) is 6.42 Å². The van der Waals surface area contributed by atoms with E-state index in [1.165, 1.54) is 11.3 Å². The monoisotopic (exact) mass is 224 g/mol. The van der Waals surface area contributed by atoms with E-state index in [1.807, 2.05) is 5.38 Å². The average Bonchev–Trinajstić information content (AvgIpc) is 2.90. The zero-order valence-electron chi connectivity index (χ0n) is 7.67. The average molecular weight is 224 g/mol. The van der Waals surface area contributed by atoms with Crippen LogP contribution in [0.25, 0.3) is 0 Å². The molecule has 8 heteroatoms. The molecule has 15 heavy (non-hydrogen) atoms. The largest absolute Gasteiger partial charge is 0.349 e. The van der Waals surface area contributed by atoms with E-state index in [2.05, 4.69) is 30.9 Å². The molecule has 2 N–H and O–H groups in total. The molecule has 0 aliphatic heterocycles. The molecule has 2 aromatic heterocycles. The van der Waals surface area contributed by atoms with Crippen LogP contribution in [0.1, 0.15) is 16.3 Å². The molecule has 0 radical (unpaired) electrons. The maximum atomic E-state index is 11.3. The van der Waals surface area contributed by atoms with Gasteiger partial charge < -0.3 is 5.32 Å². The van der Waals surface area contributed by atoms with Gasteiger partial charge in [0, 0.05) is 18.3 Å². The summed E-state index contributed by atoms with van der Waals surface area (Å²) in [6.07, 6.45) is 0.701. The van der Waals surface area contributed by atoms with Gasteiger partial charge in [-0.25, -0.2) is 4.98 Å². The van der Waals surface area contributed by atoms with Crippen molar-refractivity contribution in [1.82, 2.24) is 30.9 Å². The molecular formula is C7H8N6OS. The van der Waals surface area contributed by atoms with Crippen molar-refractivity contribution in [2.45, 2.75) is 6.42 Å². The van der Waals surface area contributed by atoms with Crippen LogP contribution in [0.2, 0.25) is 0 Å². The number of H-pyrrole nitrogens is 1. The van der Waals surface area contributed by atoms with Crippen LogP contribution in [-0.4, -0.2) is 38.1 Å². The van der Waals surface area contributed by atoms with Gasteiger partial charge in [-0.3, -0.25) is 4.79 Å². The number of rotatable bonds is 4. The second kappa shape index (κ2) is 4.60. The van der Waals surface area contributed by atoms with Crippen molar-refractivity contribution in [3.8, 4) is 0 Å². The van der Waals surface area contributed by atoms with Crippen LogP contribution in [0, 0.1) is 0 Å². The molecule has 0 spiro atoms. The number of nitrogens with zero attached hydrogens (tertiary/aromatic N) is 4. The second-order valence-corrected chi connectivity index (χ2v) is 3.44.